The molecule has 0 saturated heterocycles. The van der Waals surface area contributed by atoms with Gasteiger partial charge in [0.15, 0.2) is 0 Å². The lowest BCUT2D eigenvalue weighted by atomic mass is 10.4. The highest BCUT2D eigenvalue weighted by atomic mass is 16.5. The Balaban J connectivity index is 0. The Bertz CT molecular complexity index is 128. The second-order valence-corrected chi connectivity index (χ2v) is 1.80. The fraction of sp³-hybridized carbons (Fsp3) is 0.714. The van der Waals surface area contributed by atoms with E-state index in [1.807, 2.05) is 0 Å². The lowest BCUT2D eigenvalue weighted by Crippen LogP contribution is -1.99. The van der Waals surface area contributed by atoms with Crippen molar-refractivity contribution in [2.24, 2.45) is 0 Å². The molecule has 0 amide bonds. The zero-order valence-corrected chi connectivity index (χ0v) is 6.85. The number of esters is 1. The van der Waals surface area contributed by atoms with E-state index in [4.69, 9.17) is 10.2 Å². The second-order valence-electron chi connectivity index (χ2n) is 1.80. The Kier molecular flexibility index (Phi) is 13.2. The second kappa shape index (κ2) is 11.6. The minimum absolute atomic E-state index is 0.182. The van der Waals surface area contributed by atoms with Crippen LogP contribution < -0.4 is 0 Å². The van der Waals surface area contributed by atoms with E-state index < -0.39 is 0 Å². The maximum absolute atomic E-state index is 10.1. The van der Waals surface area contributed by atoms with Crippen LogP contribution in [0.3, 0.4) is 0 Å². The third kappa shape index (κ3) is 28.0. The molecule has 0 heterocycles. The number of rotatable bonds is 3. The Morgan fingerprint density at radius 1 is 1.64 bits per heavy atom. The lowest BCUT2D eigenvalue weighted by Gasteiger charge is -1.96. The van der Waals surface area contributed by atoms with E-state index in [1.54, 1.807) is 0 Å². The van der Waals surface area contributed by atoms with Crippen LogP contribution in [0.5, 0.6) is 0 Å². The Morgan fingerprint density at radius 2 is 2.09 bits per heavy atom. The summed E-state index contributed by atoms with van der Waals surface area (Å²) in [6.45, 7) is 4.06. The Morgan fingerprint density at radius 3 is 2.36 bits per heavy atom. The van der Waals surface area contributed by atoms with Gasteiger partial charge >= 0.3 is 5.97 Å². The molecule has 64 valence electrons. The van der Waals surface area contributed by atoms with Crippen molar-refractivity contribution in [3.8, 4) is 0 Å². The molecular weight excluding hydrogens is 146 g/mol. The first kappa shape index (κ1) is 12.5. The van der Waals surface area contributed by atoms with Gasteiger partial charge in [0.1, 0.15) is 0 Å². The molecule has 0 saturated carbocycles. The van der Waals surface area contributed by atoms with Crippen LogP contribution in [0.25, 0.3) is 0 Å². The van der Waals surface area contributed by atoms with Crippen molar-refractivity contribution < 1.29 is 14.3 Å². The first-order valence-electron chi connectivity index (χ1n) is 3.36. The van der Waals surface area contributed by atoms with E-state index in [2.05, 4.69) is 11.7 Å². The summed E-state index contributed by atoms with van der Waals surface area (Å²) >= 11 is 0. The van der Waals surface area contributed by atoms with Gasteiger partial charge in [0.05, 0.1) is 6.61 Å². The Labute approximate surface area is 66.1 Å². The smallest absolute Gasteiger partial charge is 0.302 e. The summed E-state index contributed by atoms with van der Waals surface area (Å²) < 4.78 is 4.64. The molecule has 0 bridgehead atoms. The third-order valence-corrected chi connectivity index (χ3v) is 0.803. The monoisotopic (exact) mass is 159 g/mol. The zero-order chi connectivity index (χ0) is 9.11. The molecule has 1 N–H and O–H groups in total. The van der Waals surface area contributed by atoms with E-state index in [0.717, 1.165) is 18.9 Å². The SMILES string of the molecule is CCCCOC(C)=O.N=C=O. The summed E-state index contributed by atoms with van der Waals surface area (Å²) in [5.41, 5.74) is 0. The van der Waals surface area contributed by atoms with Crippen LogP contribution in [0.2, 0.25) is 0 Å². The molecule has 0 aliphatic carbocycles. The molecule has 0 aliphatic heterocycles. The van der Waals surface area contributed by atoms with Crippen molar-refractivity contribution in [2.45, 2.75) is 26.7 Å². The van der Waals surface area contributed by atoms with Gasteiger partial charge in [0, 0.05) is 6.92 Å². The van der Waals surface area contributed by atoms with Gasteiger partial charge in [-0.15, -0.1) is 0 Å². The molecule has 0 radical (unpaired) electrons. The predicted octanol–water partition coefficient (Wildman–Crippen LogP) is 1.25. The summed E-state index contributed by atoms with van der Waals surface area (Å²) in [5, 5.41) is 5.40. The van der Waals surface area contributed by atoms with E-state index >= 15 is 0 Å². The van der Waals surface area contributed by atoms with Crippen molar-refractivity contribution in [2.75, 3.05) is 6.61 Å². The number of hydrogen-bond acceptors (Lipinski definition) is 4. The van der Waals surface area contributed by atoms with Gasteiger partial charge in [-0.1, -0.05) is 13.3 Å². The zero-order valence-electron chi connectivity index (χ0n) is 6.85. The molecule has 0 fully saturated rings. The van der Waals surface area contributed by atoms with Crippen molar-refractivity contribution in [1.82, 2.24) is 0 Å². The highest BCUT2D eigenvalue weighted by molar-refractivity contribution is 5.65. The molecule has 11 heavy (non-hydrogen) atoms. The number of isocyanates is 1. The summed E-state index contributed by atoms with van der Waals surface area (Å²) in [6, 6.07) is 0. The van der Waals surface area contributed by atoms with Gasteiger partial charge < -0.3 is 4.74 Å². The van der Waals surface area contributed by atoms with E-state index in [9.17, 15) is 4.79 Å². The minimum Gasteiger partial charge on any atom is -0.466 e. The van der Waals surface area contributed by atoms with Crippen molar-refractivity contribution in [3.63, 3.8) is 0 Å². The number of unbranched alkanes of at least 4 members (excludes halogenated alkanes) is 1. The molecule has 0 aromatic heterocycles. The highest BCUT2D eigenvalue weighted by Gasteiger charge is 1.88. The van der Waals surface area contributed by atoms with Crippen LogP contribution in [0.15, 0.2) is 0 Å². The van der Waals surface area contributed by atoms with Gasteiger partial charge in [-0.3, -0.25) is 4.79 Å². The summed E-state index contributed by atoms with van der Waals surface area (Å²) in [7, 11) is 0. The topological polar surface area (TPSA) is 67.2 Å². The molecular formula is C7H13NO3. The lowest BCUT2D eigenvalue weighted by molar-refractivity contribution is -0.141. The minimum atomic E-state index is -0.182. The van der Waals surface area contributed by atoms with Crippen molar-refractivity contribution in [3.05, 3.63) is 0 Å². The largest absolute Gasteiger partial charge is 0.466 e. The molecule has 4 heteroatoms. The van der Waals surface area contributed by atoms with Gasteiger partial charge in [0.25, 0.3) is 0 Å². The van der Waals surface area contributed by atoms with Crippen molar-refractivity contribution >= 4 is 12.0 Å². The standard InChI is InChI=1S/C6H12O2.CHNO/c1-3-4-5-8-6(2)7;2-1-3/h3-5H2,1-2H3;2H. The first-order chi connectivity index (χ1) is 5.18. The molecule has 0 spiro atoms. The fourth-order valence-corrected chi connectivity index (χ4v) is 0.360. The van der Waals surface area contributed by atoms with Crippen LogP contribution in [0.1, 0.15) is 26.7 Å². The number of ether oxygens (including phenoxy) is 1. The molecule has 0 atom stereocenters. The predicted molar refractivity (Wildman–Crippen MR) is 40.0 cm³/mol. The maximum Gasteiger partial charge on any atom is 0.302 e. The van der Waals surface area contributed by atoms with Gasteiger partial charge in [0.2, 0.25) is 6.08 Å². The van der Waals surface area contributed by atoms with Gasteiger partial charge in [-0.05, 0) is 6.42 Å². The summed E-state index contributed by atoms with van der Waals surface area (Å²) in [4.78, 5) is 18.4. The van der Waals surface area contributed by atoms with Crippen LogP contribution in [0, 0.1) is 5.41 Å². The quantitative estimate of drug-likeness (QED) is 0.291. The third-order valence-electron chi connectivity index (χ3n) is 0.803. The van der Waals surface area contributed by atoms with Crippen LogP contribution in [-0.2, 0) is 14.3 Å². The summed E-state index contributed by atoms with van der Waals surface area (Å²) in [6.07, 6.45) is 2.80. The molecule has 4 nitrogen and oxygen atoms in total. The van der Waals surface area contributed by atoms with Crippen LogP contribution in [-0.4, -0.2) is 18.7 Å². The first-order valence-corrected chi connectivity index (χ1v) is 3.36. The molecule has 0 aromatic carbocycles. The fourth-order valence-electron chi connectivity index (χ4n) is 0.360. The van der Waals surface area contributed by atoms with Crippen LogP contribution >= 0.6 is 0 Å². The highest BCUT2D eigenvalue weighted by Crippen LogP contribution is 1.86. The molecule has 0 aliphatic rings. The van der Waals surface area contributed by atoms with E-state index in [1.165, 1.54) is 6.92 Å². The van der Waals surface area contributed by atoms with E-state index in [-0.39, 0.29) is 5.97 Å². The summed E-state index contributed by atoms with van der Waals surface area (Å²) in [5.74, 6) is -0.182. The molecule has 0 rings (SSSR count). The Hall–Kier alpha value is -1.15. The average molecular weight is 159 g/mol. The molecule has 0 unspecified atom stereocenters. The average Bonchev–Trinajstić information content (AvgIpc) is 1.89. The number of carbonyl (C=O) groups excluding carboxylic acids is 2. The van der Waals surface area contributed by atoms with Gasteiger partial charge in [-0.2, -0.15) is 0 Å². The maximum atomic E-state index is 10.1. The number of carbonyl (C=O) groups is 1. The number of nitrogens with one attached hydrogen (secondary N) is 1. The normalized spacial score (nSPS) is 7.09. The van der Waals surface area contributed by atoms with Crippen molar-refractivity contribution in [1.29, 1.82) is 5.41 Å². The van der Waals surface area contributed by atoms with E-state index in [0.29, 0.717) is 6.61 Å². The van der Waals surface area contributed by atoms with Crippen LogP contribution in [0.4, 0.5) is 0 Å². The number of hydrogen-bond donors (Lipinski definition) is 1. The molecule has 0 aromatic rings. The van der Waals surface area contributed by atoms with Gasteiger partial charge in [-0.25, -0.2) is 10.2 Å².